The van der Waals surface area contributed by atoms with Crippen molar-refractivity contribution in [1.29, 1.82) is 5.26 Å². The number of aryl methyl sites for hydroxylation is 1. The first kappa shape index (κ1) is 27.4. The Morgan fingerprint density at radius 2 is 2.03 bits per heavy atom. The minimum Gasteiger partial charge on any atom is -0.504 e. The third kappa shape index (κ3) is 5.78. The fourth-order valence-electron chi connectivity index (χ4n) is 3.50. The van der Waals surface area contributed by atoms with Gasteiger partial charge in [0, 0.05) is 12.2 Å². The highest BCUT2D eigenvalue weighted by molar-refractivity contribution is 7.92. The topological polar surface area (TPSA) is 176 Å². The van der Waals surface area contributed by atoms with Crippen LogP contribution in [0.1, 0.15) is 45.4 Å². The SMILES string of the molecule is CCOP1(=O)N=C(c2nn(CCC(C)C(C)C)c(=O)c(C#N)c2O)Nc2ccc(NS(C)(=O)=O)cc21. The van der Waals surface area contributed by atoms with Gasteiger partial charge in [-0.3, -0.25) is 14.1 Å². The molecule has 12 nitrogen and oxygen atoms in total. The van der Waals surface area contributed by atoms with E-state index in [2.05, 4.69) is 33.7 Å². The van der Waals surface area contributed by atoms with Gasteiger partial charge < -0.3 is 14.9 Å². The van der Waals surface area contributed by atoms with E-state index in [-0.39, 0.29) is 47.3 Å². The lowest BCUT2D eigenvalue weighted by Crippen LogP contribution is -2.32. The van der Waals surface area contributed by atoms with Crippen molar-refractivity contribution in [3.8, 4) is 11.8 Å². The maximum Gasteiger partial charge on any atom is 0.348 e. The Labute approximate surface area is 209 Å². The van der Waals surface area contributed by atoms with Crippen molar-refractivity contribution in [2.24, 2.45) is 16.6 Å². The average Bonchev–Trinajstić information content (AvgIpc) is 2.78. The van der Waals surface area contributed by atoms with Crippen molar-refractivity contribution >= 4 is 40.1 Å². The lowest BCUT2D eigenvalue weighted by molar-refractivity contribution is 0.341. The molecule has 0 fully saturated rings. The molecule has 0 saturated heterocycles. The van der Waals surface area contributed by atoms with E-state index >= 15 is 0 Å². The van der Waals surface area contributed by atoms with E-state index in [1.165, 1.54) is 18.2 Å². The van der Waals surface area contributed by atoms with Crippen molar-refractivity contribution < 1.29 is 22.6 Å². The van der Waals surface area contributed by atoms with Crippen LogP contribution in [-0.2, 0) is 25.7 Å². The van der Waals surface area contributed by atoms with Gasteiger partial charge >= 0.3 is 7.52 Å². The molecule has 2 atom stereocenters. The minimum atomic E-state index is -3.96. The fraction of sp³-hybridized carbons (Fsp3) is 0.455. The van der Waals surface area contributed by atoms with E-state index in [1.807, 2.05) is 6.92 Å². The number of anilines is 2. The van der Waals surface area contributed by atoms with Gasteiger partial charge in [-0.2, -0.15) is 15.1 Å². The molecule has 1 aliphatic rings. The number of aromatic nitrogens is 2. The second-order valence-electron chi connectivity index (χ2n) is 8.84. The molecular weight excluding hydrogens is 507 g/mol. The normalized spacial score (nSPS) is 18.1. The Balaban J connectivity index is 2.14. The number of amidine groups is 1. The molecule has 194 valence electrons. The number of rotatable bonds is 9. The number of benzene rings is 1. The Hall–Kier alpha value is -3.20. The molecule has 0 amide bonds. The Morgan fingerprint density at radius 3 is 2.61 bits per heavy atom. The number of nitrogens with zero attached hydrogens (tertiary/aromatic N) is 4. The molecule has 3 rings (SSSR count). The van der Waals surface area contributed by atoms with E-state index in [0.717, 1.165) is 10.9 Å². The second kappa shape index (κ2) is 10.4. The van der Waals surface area contributed by atoms with Crippen LogP contribution in [0.5, 0.6) is 5.75 Å². The summed E-state index contributed by atoms with van der Waals surface area (Å²) < 4.78 is 50.2. The van der Waals surface area contributed by atoms with Crippen molar-refractivity contribution in [2.45, 2.75) is 40.7 Å². The zero-order valence-electron chi connectivity index (χ0n) is 20.6. The molecule has 1 aromatic carbocycles. The van der Waals surface area contributed by atoms with E-state index in [9.17, 15) is 28.1 Å². The van der Waals surface area contributed by atoms with Gasteiger partial charge in [0.2, 0.25) is 10.0 Å². The minimum absolute atomic E-state index is 0.0205. The second-order valence-corrected chi connectivity index (χ2v) is 12.6. The molecular formula is C22H29N6O6PS. The molecule has 0 spiro atoms. The Kier molecular flexibility index (Phi) is 7.93. The number of nitriles is 1. The molecule has 0 saturated carbocycles. The molecule has 2 unspecified atom stereocenters. The molecule has 14 heteroatoms. The predicted octanol–water partition coefficient (Wildman–Crippen LogP) is 2.60. The van der Waals surface area contributed by atoms with Crippen molar-refractivity contribution in [3.05, 3.63) is 39.8 Å². The van der Waals surface area contributed by atoms with Gasteiger partial charge in [0.25, 0.3) is 5.56 Å². The summed E-state index contributed by atoms with van der Waals surface area (Å²) in [6, 6.07) is 6.00. The zero-order chi connectivity index (χ0) is 26.8. The number of nitrogens with one attached hydrogen (secondary N) is 2. The molecule has 0 aliphatic carbocycles. The molecule has 3 N–H and O–H groups in total. The third-order valence-electron chi connectivity index (χ3n) is 5.79. The smallest absolute Gasteiger partial charge is 0.348 e. The van der Waals surface area contributed by atoms with Gasteiger partial charge in [0.1, 0.15) is 6.07 Å². The van der Waals surface area contributed by atoms with Crippen LogP contribution in [0.25, 0.3) is 0 Å². The first-order chi connectivity index (χ1) is 16.8. The number of fused-ring (bicyclic) bond motifs is 1. The van der Waals surface area contributed by atoms with Crippen LogP contribution in [0.15, 0.2) is 27.8 Å². The van der Waals surface area contributed by atoms with E-state index < -0.39 is 34.4 Å². The standard InChI is InChI=1S/C22H29N6O6PS/c1-6-34-35(31)18-11-15(27-36(5,32)33)7-8-17(18)24-21(26-35)19-20(29)16(12-23)22(30)28(25-19)10-9-14(4)13(2)3/h7-8,11,13-14,27,29H,6,9-10H2,1-5H3,(H,24,26,31). The largest absolute Gasteiger partial charge is 0.504 e. The van der Waals surface area contributed by atoms with Gasteiger partial charge in [-0.1, -0.05) is 20.8 Å². The molecule has 1 aliphatic heterocycles. The molecule has 0 radical (unpaired) electrons. The first-order valence-corrected chi connectivity index (χ1v) is 14.7. The van der Waals surface area contributed by atoms with Gasteiger partial charge in [0.05, 0.1) is 23.9 Å². The third-order valence-corrected chi connectivity index (χ3v) is 8.45. The summed E-state index contributed by atoms with van der Waals surface area (Å²) in [5.41, 5.74) is -1.03. The van der Waals surface area contributed by atoms with Crippen molar-refractivity contribution in [3.63, 3.8) is 0 Å². The monoisotopic (exact) mass is 536 g/mol. The Morgan fingerprint density at radius 1 is 1.33 bits per heavy atom. The summed E-state index contributed by atoms with van der Waals surface area (Å²) in [4.78, 5) is 12.7. The fourth-order valence-corrected chi connectivity index (χ4v) is 5.85. The zero-order valence-corrected chi connectivity index (χ0v) is 22.4. The van der Waals surface area contributed by atoms with Crippen LogP contribution in [0, 0.1) is 23.2 Å². The van der Waals surface area contributed by atoms with Crippen molar-refractivity contribution in [1.82, 2.24) is 9.78 Å². The average molecular weight is 537 g/mol. The summed E-state index contributed by atoms with van der Waals surface area (Å²) >= 11 is 0. The lowest BCUT2D eigenvalue weighted by Gasteiger charge is -2.25. The first-order valence-electron chi connectivity index (χ1n) is 11.3. The number of hydrogen-bond donors (Lipinski definition) is 3. The summed E-state index contributed by atoms with van der Waals surface area (Å²) in [5, 5.41) is 27.5. The lowest BCUT2D eigenvalue weighted by atomic mass is 9.95. The van der Waals surface area contributed by atoms with Gasteiger partial charge in [-0.15, -0.1) is 0 Å². The van der Waals surface area contributed by atoms with Gasteiger partial charge in [-0.25, -0.2) is 13.1 Å². The van der Waals surface area contributed by atoms with Gasteiger partial charge in [0.15, 0.2) is 22.8 Å². The Bertz CT molecular complexity index is 1460. The van der Waals surface area contributed by atoms with Gasteiger partial charge in [-0.05, 0) is 43.4 Å². The van der Waals surface area contributed by atoms with Crippen LogP contribution in [0.3, 0.4) is 0 Å². The summed E-state index contributed by atoms with van der Waals surface area (Å²) in [7, 11) is -7.55. The van der Waals surface area contributed by atoms with Crippen LogP contribution < -0.4 is 20.9 Å². The quantitative estimate of drug-likeness (QED) is 0.407. The number of aromatic hydroxyl groups is 1. The molecule has 2 aromatic rings. The maximum absolute atomic E-state index is 13.8. The summed E-state index contributed by atoms with van der Waals surface area (Å²) in [5.74, 6) is -0.203. The molecule has 1 aromatic heterocycles. The van der Waals surface area contributed by atoms with Crippen LogP contribution >= 0.6 is 7.52 Å². The van der Waals surface area contributed by atoms with Crippen LogP contribution in [0.4, 0.5) is 11.4 Å². The number of hydrogen-bond acceptors (Lipinski definition) is 9. The van der Waals surface area contributed by atoms with E-state index in [0.29, 0.717) is 12.3 Å². The predicted molar refractivity (Wildman–Crippen MR) is 137 cm³/mol. The highest BCUT2D eigenvalue weighted by Gasteiger charge is 2.36. The molecule has 0 bridgehead atoms. The van der Waals surface area contributed by atoms with Crippen molar-refractivity contribution in [2.75, 3.05) is 22.9 Å². The van der Waals surface area contributed by atoms with Crippen LogP contribution in [0.2, 0.25) is 0 Å². The highest BCUT2D eigenvalue weighted by Crippen LogP contribution is 2.52. The summed E-state index contributed by atoms with van der Waals surface area (Å²) in [6.07, 6.45) is 1.59. The van der Waals surface area contributed by atoms with E-state index in [1.54, 1.807) is 13.0 Å². The summed E-state index contributed by atoms with van der Waals surface area (Å²) in [6.45, 7) is 8.00. The molecule has 2 heterocycles. The highest BCUT2D eigenvalue weighted by atomic mass is 32.2. The van der Waals surface area contributed by atoms with E-state index in [4.69, 9.17) is 4.52 Å². The maximum atomic E-state index is 13.8. The van der Waals surface area contributed by atoms with Crippen LogP contribution in [-0.4, -0.2) is 42.0 Å². The molecule has 36 heavy (non-hydrogen) atoms. The number of sulfonamides is 1.